The van der Waals surface area contributed by atoms with Gasteiger partial charge in [0, 0.05) is 10.9 Å². The van der Waals surface area contributed by atoms with Crippen molar-refractivity contribution in [1.82, 2.24) is 0 Å². The Balaban J connectivity index is 2.02. The molecule has 0 saturated carbocycles. The molecule has 0 bridgehead atoms. The monoisotopic (exact) mass is 381 g/mol. The predicted molar refractivity (Wildman–Crippen MR) is 82.4 cm³/mol. The molecule has 2 nitrogen and oxygen atoms in total. The zero-order valence-electron chi connectivity index (χ0n) is 11.2. The van der Waals surface area contributed by atoms with E-state index in [-0.39, 0.29) is 11.6 Å². The van der Waals surface area contributed by atoms with Gasteiger partial charge in [-0.05, 0) is 64.4 Å². The summed E-state index contributed by atoms with van der Waals surface area (Å²) in [4.78, 5) is 12.0. The second kappa shape index (κ2) is 7.05. The molecule has 0 radical (unpaired) electrons. The number of nitrogens with one attached hydrogen (secondary N) is 1. The van der Waals surface area contributed by atoms with Crippen LogP contribution < -0.4 is 5.32 Å². The van der Waals surface area contributed by atoms with Gasteiger partial charge in [-0.1, -0.05) is 0 Å². The number of rotatable bonds is 3. The number of carbonyl (C=O) groups excluding carboxylic acids is 1. The molecule has 2 rings (SSSR count). The summed E-state index contributed by atoms with van der Waals surface area (Å²) in [5.41, 5.74) is -0.602. The van der Waals surface area contributed by atoms with Crippen molar-refractivity contribution in [2.24, 2.45) is 5.92 Å². The van der Waals surface area contributed by atoms with Gasteiger partial charge in [0.1, 0.15) is 0 Å². The Morgan fingerprint density at radius 2 is 2.00 bits per heavy atom. The molecule has 1 saturated heterocycles. The van der Waals surface area contributed by atoms with Gasteiger partial charge in [0.15, 0.2) is 0 Å². The van der Waals surface area contributed by atoms with Crippen LogP contribution in [0.3, 0.4) is 0 Å². The molecule has 1 fully saturated rings. The lowest BCUT2D eigenvalue weighted by molar-refractivity contribution is -0.137. The normalized spacial score (nSPS) is 16.8. The SMILES string of the molecule is O=C(CC1CCSCC1)Nc1cc(C(F)(F)F)ccc1Br. The zero-order valence-corrected chi connectivity index (χ0v) is 13.6. The highest BCUT2D eigenvalue weighted by Gasteiger charge is 2.31. The quantitative estimate of drug-likeness (QED) is 0.803. The van der Waals surface area contributed by atoms with Crippen LogP contribution in [0.5, 0.6) is 0 Å². The summed E-state index contributed by atoms with van der Waals surface area (Å²) in [5, 5.41) is 2.58. The van der Waals surface area contributed by atoms with Gasteiger partial charge in [-0.15, -0.1) is 0 Å². The molecule has 0 unspecified atom stereocenters. The molecular formula is C14H15BrF3NOS. The van der Waals surface area contributed by atoms with Crippen molar-refractivity contribution in [3.8, 4) is 0 Å². The second-order valence-electron chi connectivity index (χ2n) is 5.00. The highest BCUT2D eigenvalue weighted by molar-refractivity contribution is 9.10. The maximum Gasteiger partial charge on any atom is 0.416 e. The van der Waals surface area contributed by atoms with E-state index >= 15 is 0 Å². The lowest BCUT2D eigenvalue weighted by atomic mass is 9.98. The molecule has 1 heterocycles. The van der Waals surface area contributed by atoms with Crippen molar-refractivity contribution in [2.45, 2.75) is 25.4 Å². The minimum absolute atomic E-state index is 0.167. The zero-order chi connectivity index (χ0) is 15.5. The topological polar surface area (TPSA) is 29.1 Å². The smallest absolute Gasteiger partial charge is 0.325 e. The predicted octanol–water partition coefficient (Wildman–Crippen LogP) is 4.94. The van der Waals surface area contributed by atoms with Gasteiger partial charge in [-0.2, -0.15) is 24.9 Å². The summed E-state index contributed by atoms with van der Waals surface area (Å²) >= 11 is 5.04. The van der Waals surface area contributed by atoms with Gasteiger partial charge in [0.05, 0.1) is 11.3 Å². The van der Waals surface area contributed by atoms with Gasteiger partial charge in [-0.25, -0.2) is 0 Å². The molecule has 0 aromatic heterocycles. The van der Waals surface area contributed by atoms with Crippen molar-refractivity contribution >= 4 is 39.3 Å². The number of benzene rings is 1. The third-order valence-electron chi connectivity index (χ3n) is 3.38. The first kappa shape index (κ1) is 16.7. The number of hydrogen-bond acceptors (Lipinski definition) is 2. The van der Waals surface area contributed by atoms with Crippen LogP contribution in [0.15, 0.2) is 22.7 Å². The van der Waals surface area contributed by atoms with Crippen molar-refractivity contribution < 1.29 is 18.0 Å². The highest BCUT2D eigenvalue weighted by Crippen LogP contribution is 2.34. The van der Waals surface area contributed by atoms with Crippen LogP contribution in [-0.2, 0) is 11.0 Å². The van der Waals surface area contributed by atoms with Gasteiger partial charge in [-0.3, -0.25) is 4.79 Å². The number of amides is 1. The van der Waals surface area contributed by atoms with Crippen molar-refractivity contribution in [1.29, 1.82) is 0 Å². The Morgan fingerprint density at radius 3 is 2.62 bits per heavy atom. The van der Waals surface area contributed by atoms with E-state index in [4.69, 9.17) is 0 Å². The molecular weight excluding hydrogens is 367 g/mol. The van der Waals surface area contributed by atoms with E-state index in [0.29, 0.717) is 16.8 Å². The van der Waals surface area contributed by atoms with Gasteiger partial charge < -0.3 is 5.32 Å². The van der Waals surface area contributed by atoms with E-state index in [9.17, 15) is 18.0 Å². The van der Waals surface area contributed by atoms with Crippen LogP contribution in [0.1, 0.15) is 24.8 Å². The minimum atomic E-state index is -4.42. The summed E-state index contributed by atoms with van der Waals surface area (Å²) in [7, 11) is 0. The number of anilines is 1. The third kappa shape index (κ3) is 4.92. The van der Waals surface area contributed by atoms with Crippen LogP contribution in [0.25, 0.3) is 0 Å². The molecule has 1 aromatic carbocycles. The Kier molecular flexibility index (Phi) is 5.60. The molecule has 1 aromatic rings. The van der Waals surface area contributed by atoms with E-state index in [0.717, 1.165) is 36.5 Å². The molecule has 1 aliphatic rings. The molecule has 21 heavy (non-hydrogen) atoms. The number of halogens is 4. The van der Waals surface area contributed by atoms with E-state index < -0.39 is 11.7 Å². The average molecular weight is 382 g/mol. The Morgan fingerprint density at radius 1 is 1.33 bits per heavy atom. The van der Waals surface area contributed by atoms with Crippen molar-refractivity contribution in [2.75, 3.05) is 16.8 Å². The maximum absolute atomic E-state index is 12.7. The Bertz CT molecular complexity index is 515. The summed E-state index contributed by atoms with van der Waals surface area (Å²) in [6.45, 7) is 0. The molecule has 0 aliphatic carbocycles. The van der Waals surface area contributed by atoms with Crippen LogP contribution in [0.4, 0.5) is 18.9 Å². The third-order valence-corrected chi connectivity index (χ3v) is 5.12. The first-order chi connectivity index (χ1) is 9.86. The summed E-state index contributed by atoms with van der Waals surface area (Å²) in [6.07, 6.45) is -2.08. The van der Waals surface area contributed by atoms with Crippen LogP contribution >= 0.6 is 27.7 Å². The maximum atomic E-state index is 12.7. The van der Waals surface area contributed by atoms with E-state index in [2.05, 4.69) is 21.2 Å². The summed E-state index contributed by atoms with van der Waals surface area (Å²) in [5.74, 6) is 2.19. The van der Waals surface area contributed by atoms with Crippen LogP contribution in [0, 0.1) is 5.92 Å². The molecule has 1 aliphatic heterocycles. The van der Waals surface area contributed by atoms with E-state index in [1.54, 1.807) is 0 Å². The van der Waals surface area contributed by atoms with Crippen LogP contribution in [0.2, 0.25) is 0 Å². The highest BCUT2D eigenvalue weighted by atomic mass is 79.9. The minimum Gasteiger partial charge on any atom is -0.325 e. The standard InChI is InChI=1S/C14H15BrF3NOS/c15-11-2-1-10(14(16,17)18)8-12(11)19-13(20)7-9-3-5-21-6-4-9/h1-2,8-9H,3-7H2,(H,19,20). The first-order valence-corrected chi connectivity index (χ1v) is 8.55. The molecule has 0 atom stereocenters. The van der Waals surface area contributed by atoms with Gasteiger partial charge >= 0.3 is 6.18 Å². The lowest BCUT2D eigenvalue weighted by Crippen LogP contribution is -2.20. The van der Waals surface area contributed by atoms with Crippen molar-refractivity contribution in [3.05, 3.63) is 28.2 Å². The molecule has 116 valence electrons. The largest absolute Gasteiger partial charge is 0.416 e. The molecule has 1 amide bonds. The Hall–Kier alpha value is -0.690. The van der Waals surface area contributed by atoms with E-state index in [1.807, 2.05) is 11.8 Å². The molecule has 1 N–H and O–H groups in total. The molecule has 7 heteroatoms. The summed E-state index contributed by atoms with van der Waals surface area (Å²) in [6, 6.07) is 3.24. The van der Waals surface area contributed by atoms with Gasteiger partial charge in [0.25, 0.3) is 0 Å². The average Bonchev–Trinajstić information content (AvgIpc) is 2.41. The fourth-order valence-corrected chi connectivity index (χ4v) is 3.76. The number of alkyl halides is 3. The summed E-state index contributed by atoms with van der Waals surface area (Å²) < 4.78 is 38.5. The number of thioether (sulfide) groups is 1. The lowest BCUT2D eigenvalue weighted by Gasteiger charge is -2.21. The van der Waals surface area contributed by atoms with Crippen molar-refractivity contribution in [3.63, 3.8) is 0 Å². The molecule has 0 spiro atoms. The first-order valence-electron chi connectivity index (χ1n) is 6.60. The fourth-order valence-electron chi connectivity index (χ4n) is 2.21. The second-order valence-corrected chi connectivity index (χ2v) is 7.08. The fraction of sp³-hybridized carbons (Fsp3) is 0.500. The van der Waals surface area contributed by atoms with Gasteiger partial charge in [0.2, 0.25) is 5.91 Å². The number of hydrogen-bond donors (Lipinski definition) is 1. The van der Waals surface area contributed by atoms with E-state index in [1.165, 1.54) is 6.07 Å². The van der Waals surface area contributed by atoms with Crippen LogP contribution in [-0.4, -0.2) is 17.4 Å². The Labute approximate surface area is 134 Å². The number of carbonyl (C=O) groups is 1.